The first-order valence-electron chi connectivity index (χ1n) is 5.92. The highest BCUT2D eigenvalue weighted by molar-refractivity contribution is 7.87. The maximum atomic E-state index is 13.0. The molecule has 0 N–H and O–H groups in total. The molecule has 1 rings (SSSR count). The van der Waals surface area contributed by atoms with Crippen molar-refractivity contribution in [1.82, 2.24) is 4.90 Å². The summed E-state index contributed by atoms with van der Waals surface area (Å²) in [5.41, 5.74) is -0.594. The number of hydrogen-bond acceptors (Lipinski definition) is 4. The van der Waals surface area contributed by atoms with E-state index in [0.29, 0.717) is 0 Å². The number of carbonyl (C=O) groups excluding carboxylic acids is 1. The summed E-state index contributed by atoms with van der Waals surface area (Å²) in [5, 5.41) is -1.02. The first kappa shape index (κ1) is 15.2. The van der Waals surface area contributed by atoms with Crippen LogP contribution in [-0.4, -0.2) is 43.4 Å². The van der Waals surface area contributed by atoms with Crippen molar-refractivity contribution in [2.45, 2.75) is 45.0 Å². The van der Waals surface area contributed by atoms with Crippen LogP contribution in [0.2, 0.25) is 0 Å². The Kier molecular flexibility index (Phi) is 4.25. The van der Waals surface area contributed by atoms with Gasteiger partial charge in [-0.15, -0.1) is 3.89 Å². The lowest BCUT2D eigenvalue weighted by atomic mass is 10.00. The molecule has 1 amide bonds. The first-order valence-corrected chi connectivity index (χ1v) is 7.37. The molecule has 0 radical (unpaired) electrons. The fourth-order valence-electron chi connectivity index (χ4n) is 2.03. The molecular formula is C11H20FNO4S. The van der Waals surface area contributed by atoms with Gasteiger partial charge in [-0.25, -0.2) is 4.79 Å². The number of likely N-dealkylation sites (tertiary alicyclic amines) is 1. The van der Waals surface area contributed by atoms with Crippen molar-refractivity contribution in [3.63, 3.8) is 0 Å². The van der Waals surface area contributed by atoms with Crippen molar-refractivity contribution in [2.24, 2.45) is 5.92 Å². The van der Waals surface area contributed by atoms with Crippen LogP contribution in [0.1, 0.15) is 34.1 Å². The number of nitrogens with zero attached hydrogens (tertiary/aromatic N) is 1. The summed E-state index contributed by atoms with van der Waals surface area (Å²) in [4.78, 5) is 13.2. The molecule has 7 heteroatoms. The molecule has 2 atom stereocenters. The van der Waals surface area contributed by atoms with E-state index in [1.165, 1.54) is 4.90 Å². The van der Waals surface area contributed by atoms with Gasteiger partial charge in [0, 0.05) is 13.1 Å². The van der Waals surface area contributed by atoms with Crippen LogP contribution in [0.4, 0.5) is 8.68 Å². The van der Waals surface area contributed by atoms with E-state index in [9.17, 15) is 17.1 Å². The molecule has 0 aromatic carbocycles. The van der Waals surface area contributed by atoms with Gasteiger partial charge in [0.1, 0.15) is 5.60 Å². The molecule has 0 aromatic heterocycles. The third-order valence-corrected chi connectivity index (χ3v) is 4.26. The Hall–Kier alpha value is -0.850. The average molecular weight is 281 g/mol. The molecule has 1 aliphatic heterocycles. The summed E-state index contributed by atoms with van der Waals surface area (Å²) in [7, 11) is -4.54. The molecule has 0 bridgehead atoms. The van der Waals surface area contributed by atoms with Crippen LogP contribution in [0, 0.1) is 5.92 Å². The number of carbonyl (C=O) groups is 1. The molecule has 0 saturated carbocycles. The van der Waals surface area contributed by atoms with Gasteiger partial charge in [0.25, 0.3) is 0 Å². The lowest BCUT2D eigenvalue weighted by Gasteiger charge is -2.35. The molecule has 1 aliphatic rings. The first-order chi connectivity index (χ1) is 8.00. The summed E-state index contributed by atoms with van der Waals surface area (Å²) >= 11 is 0. The molecule has 1 saturated heterocycles. The Labute approximate surface area is 108 Å². The fourth-order valence-corrected chi connectivity index (χ4v) is 3.06. The van der Waals surface area contributed by atoms with E-state index in [4.69, 9.17) is 4.74 Å². The van der Waals surface area contributed by atoms with E-state index in [1.54, 1.807) is 27.7 Å². The quantitative estimate of drug-likeness (QED) is 0.689. The van der Waals surface area contributed by atoms with Crippen LogP contribution >= 0.6 is 0 Å². The number of ether oxygens (including phenoxy) is 1. The Morgan fingerprint density at radius 2 is 1.94 bits per heavy atom. The fraction of sp³-hybridized carbons (Fsp3) is 0.909. The molecule has 5 nitrogen and oxygen atoms in total. The van der Waals surface area contributed by atoms with Crippen molar-refractivity contribution < 1.29 is 21.8 Å². The molecule has 106 valence electrons. The highest BCUT2D eigenvalue weighted by Crippen LogP contribution is 2.25. The van der Waals surface area contributed by atoms with Crippen molar-refractivity contribution in [3.05, 3.63) is 0 Å². The number of amides is 1. The highest BCUT2D eigenvalue weighted by Gasteiger charge is 2.38. The Balaban J connectivity index is 2.64. The second-order valence-electron chi connectivity index (χ2n) is 5.71. The van der Waals surface area contributed by atoms with Gasteiger partial charge < -0.3 is 9.64 Å². The average Bonchev–Trinajstić information content (AvgIpc) is 2.12. The van der Waals surface area contributed by atoms with E-state index in [2.05, 4.69) is 0 Å². The maximum absolute atomic E-state index is 13.0. The molecule has 18 heavy (non-hydrogen) atoms. The van der Waals surface area contributed by atoms with Gasteiger partial charge in [0.2, 0.25) is 0 Å². The second kappa shape index (κ2) is 5.03. The molecule has 1 heterocycles. The van der Waals surface area contributed by atoms with Crippen LogP contribution < -0.4 is 0 Å². The minimum atomic E-state index is -4.54. The van der Waals surface area contributed by atoms with E-state index >= 15 is 0 Å². The number of piperidine rings is 1. The zero-order chi connectivity index (χ0) is 14.1. The summed E-state index contributed by atoms with van der Waals surface area (Å²) in [6.07, 6.45) is -0.372. The lowest BCUT2D eigenvalue weighted by Crippen LogP contribution is -2.48. The summed E-state index contributed by atoms with van der Waals surface area (Å²) in [5.74, 6) is -0.429. The third-order valence-electron chi connectivity index (χ3n) is 2.84. The normalized spacial score (nSPS) is 25.9. The zero-order valence-electron chi connectivity index (χ0n) is 11.1. The van der Waals surface area contributed by atoms with Gasteiger partial charge in [0.15, 0.2) is 0 Å². The van der Waals surface area contributed by atoms with Crippen LogP contribution in [-0.2, 0) is 15.0 Å². The minimum absolute atomic E-state index is 0.110. The van der Waals surface area contributed by atoms with Crippen LogP contribution in [0.5, 0.6) is 0 Å². The van der Waals surface area contributed by atoms with E-state index in [-0.39, 0.29) is 19.5 Å². The van der Waals surface area contributed by atoms with E-state index in [1.807, 2.05) is 0 Å². The largest absolute Gasteiger partial charge is 0.444 e. The summed E-state index contributed by atoms with van der Waals surface area (Å²) in [6, 6.07) is 0. The summed E-state index contributed by atoms with van der Waals surface area (Å²) in [6.45, 7) is 7.29. The number of rotatable bonds is 1. The van der Waals surface area contributed by atoms with Gasteiger partial charge in [-0.1, -0.05) is 6.92 Å². The maximum Gasteiger partial charge on any atom is 0.410 e. The van der Waals surface area contributed by atoms with Gasteiger partial charge >= 0.3 is 16.3 Å². The topological polar surface area (TPSA) is 63.7 Å². The van der Waals surface area contributed by atoms with Crippen molar-refractivity contribution in [3.8, 4) is 0 Å². The predicted octanol–water partition coefficient (Wildman–Crippen LogP) is 1.93. The molecule has 0 aromatic rings. The standard InChI is InChI=1S/C11H20FNO4S/c1-8-7-13(10(14)17-11(2,3)4)6-5-9(8)18(12,15)16/h8-9H,5-7H2,1-4H3. The van der Waals surface area contributed by atoms with Gasteiger partial charge in [-0.05, 0) is 33.1 Å². The highest BCUT2D eigenvalue weighted by atomic mass is 32.3. The van der Waals surface area contributed by atoms with E-state index < -0.39 is 33.1 Å². The van der Waals surface area contributed by atoms with Gasteiger partial charge in [-0.2, -0.15) is 8.42 Å². The monoisotopic (exact) mass is 281 g/mol. The van der Waals surface area contributed by atoms with Gasteiger partial charge in [0.05, 0.1) is 5.25 Å². The number of halogens is 1. The predicted molar refractivity (Wildman–Crippen MR) is 65.4 cm³/mol. The third kappa shape index (κ3) is 4.12. The van der Waals surface area contributed by atoms with Crippen molar-refractivity contribution in [2.75, 3.05) is 13.1 Å². The van der Waals surface area contributed by atoms with Gasteiger partial charge in [-0.3, -0.25) is 0 Å². The SMILES string of the molecule is CC1CN(C(=O)OC(C)(C)C)CCC1S(=O)(=O)F. The minimum Gasteiger partial charge on any atom is -0.444 e. The molecule has 0 spiro atoms. The van der Waals surface area contributed by atoms with E-state index in [0.717, 1.165) is 0 Å². The smallest absolute Gasteiger partial charge is 0.410 e. The molecule has 2 unspecified atom stereocenters. The van der Waals surface area contributed by atoms with Crippen molar-refractivity contribution >= 4 is 16.3 Å². The van der Waals surface area contributed by atoms with Crippen LogP contribution in [0.15, 0.2) is 0 Å². The summed E-state index contributed by atoms with van der Waals surface area (Å²) < 4.78 is 40.0. The molecule has 0 aliphatic carbocycles. The van der Waals surface area contributed by atoms with Crippen LogP contribution in [0.3, 0.4) is 0 Å². The number of hydrogen-bond donors (Lipinski definition) is 0. The van der Waals surface area contributed by atoms with Crippen molar-refractivity contribution in [1.29, 1.82) is 0 Å². The second-order valence-corrected chi connectivity index (χ2v) is 7.26. The Morgan fingerprint density at radius 3 is 2.33 bits per heavy atom. The molecule has 1 fully saturated rings. The Morgan fingerprint density at radius 1 is 1.39 bits per heavy atom. The Bertz CT molecular complexity index is 415. The molecular weight excluding hydrogens is 261 g/mol. The lowest BCUT2D eigenvalue weighted by molar-refractivity contribution is 0.0176. The zero-order valence-corrected chi connectivity index (χ0v) is 12.0. The van der Waals surface area contributed by atoms with Crippen LogP contribution in [0.25, 0.3) is 0 Å².